The lowest BCUT2D eigenvalue weighted by molar-refractivity contribution is -0.132. The molecule has 4 heteroatoms. The predicted octanol–water partition coefficient (Wildman–Crippen LogP) is 2.00. The number of Topliss-reactive ketones (excluding diaryl/α,β-unsaturated/α-hetero) is 1. The molecular formula is C12H13NO2S. The smallest absolute Gasteiger partial charge is 0.228 e. The molecule has 3 nitrogen and oxygen atoms in total. The zero-order valence-corrected chi connectivity index (χ0v) is 9.97. The van der Waals surface area contributed by atoms with Gasteiger partial charge in [-0.2, -0.15) is 0 Å². The first-order valence-corrected chi connectivity index (χ1v) is 6.39. The Bertz CT molecular complexity index is 473. The van der Waals surface area contributed by atoms with Crippen LogP contribution in [0, 0.1) is 0 Å². The Kier molecular flexibility index (Phi) is 2.14. The first-order valence-electron chi connectivity index (χ1n) is 5.57. The molecule has 0 spiro atoms. The second-order valence-electron chi connectivity index (χ2n) is 4.54. The molecule has 0 aromatic carbocycles. The van der Waals surface area contributed by atoms with Gasteiger partial charge in [-0.3, -0.25) is 9.59 Å². The summed E-state index contributed by atoms with van der Waals surface area (Å²) in [4.78, 5) is 27.0. The van der Waals surface area contributed by atoms with Gasteiger partial charge in [-0.05, 0) is 31.4 Å². The van der Waals surface area contributed by atoms with Gasteiger partial charge < -0.3 is 4.90 Å². The molecule has 1 saturated carbocycles. The van der Waals surface area contributed by atoms with Crippen molar-refractivity contribution in [2.24, 2.45) is 0 Å². The molecule has 1 aliphatic heterocycles. The maximum atomic E-state index is 11.9. The fraction of sp³-hybridized carbons (Fsp3) is 0.500. The van der Waals surface area contributed by atoms with E-state index in [0.717, 1.165) is 22.6 Å². The van der Waals surface area contributed by atoms with Gasteiger partial charge in [0, 0.05) is 17.5 Å². The summed E-state index contributed by atoms with van der Waals surface area (Å²) in [6.45, 7) is 2.29. The lowest BCUT2D eigenvalue weighted by Gasteiger charge is -2.26. The molecule has 1 fully saturated rings. The van der Waals surface area contributed by atoms with E-state index in [4.69, 9.17) is 0 Å². The van der Waals surface area contributed by atoms with E-state index >= 15 is 0 Å². The maximum Gasteiger partial charge on any atom is 0.228 e. The van der Waals surface area contributed by atoms with E-state index in [1.165, 1.54) is 16.9 Å². The van der Waals surface area contributed by atoms with Crippen LogP contribution in [0.1, 0.15) is 39.9 Å². The summed E-state index contributed by atoms with van der Waals surface area (Å²) in [6.07, 6.45) is 2.78. The summed E-state index contributed by atoms with van der Waals surface area (Å²) < 4.78 is 0. The fourth-order valence-electron chi connectivity index (χ4n) is 2.15. The van der Waals surface area contributed by atoms with E-state index in [9.17, 15) is 9.59 Å². The number of fused-ring (bicyclic) bond motifs is 1. The number of rotatable bonds is 2. The summed E-state index contributed by atoms with van der Waals surface area (Å²) in [5.41, 5.74) is 1.18. The minimum atomic E-state index is 0.102. The predicted molar refractivity (Wildman–Crippen MR) is 61.6 cm³/mol. The van der Waals surface area contributed by atoms with Crippen LogP contribution in [0.2, 0.25) is 0 Å². The van der Waals surface area contributed by atoms with Crippen molar-refractivity contribution in [1.29, 1.82) is 0 Å². The average Bonchev–Trinajstić information content (AvgIpc) is 2.97. The average molecular weight is 235 g/mol. The first kappa shape index (κ1) is 10.0. The van der Waals surface area contributed by atoms with Crippen LogP contribution < -0.4 is 0 Å². The van der Waals surface area contributed by atoms with E-state index < -0.39 is 0 Å². The first-order chi connectivity index (χ1) is 7.65. The highest BCUT2D eigenvalue weighted by Crippen LogP contribution is 2.35. The standard InChI is InChI=1S/C12H13NO2S/c1-7(14)10-4-8-6-13(9-2-3-9)12(15)5-11(8)16-10/h4,9H,2-3,5-6H2,1H3. The minimum absolute atomic E-state index is 0.102. The summed E-state index contributed by atoms with van der Waals surface area (Å²) in [5.74, 6) is 0.330. The molecule has 16 heavy (non-hydrogen) atoms. The molecule has 1 amide bonds. The highest BCUT2D eigenvalue weighted by Gasteiger charge is 2.36. The SMILES string of the molecule is CC(=O)c1cc2c(s1)CC(=O)N(C1CC1)C2. The van der Waals surface area contributed by atoms with Crippen molar-refractivity contribution in [3.8, 4) is 0 Å². The fourth-order valence-corrected chi connectivity index (χ4v) is 3.21. The topological polar surface area (TPSA) is 37.4 Å². The molecule has 0 bridgehead atoms. The van der Waals surface area contributed by atoms with Crippen LogP contribution in [0.15, 0.2) is 6.07 Å². The van der Waals surface area contributed by atoms with E-state index in [0.29, 0.717) is 19.0 Å². The highest BCUT2D eigenvalue weighted by molar-refractivity contribution is 7.14. The second-order valence-corrected chi connectivity index (χ2v) is 5.68. The molecule has 0 radical (unpaired) electrons. The Morgan fingerprint density at radius 3 is 2.88 bits per heavy atom. The van der Waals surface area contributed by atoms with Crippen LogP contribution >= 0.6 is 11.3 Å². The van der Waals surface area contributed by atoms with Crippen molar-refractivity contribution in [2.75, 3.05) is 0 Å². The van der Waals surface area contributed by atoms with Crippen LogP contribution in [0.3, 0.4) is 0 Å². The van der Waals surface area contributed by atoms with E-state index in [-0.39, 0.29) is 11.7 Å². The molecular weight excluding hydrogens is 222 g/mol. The van der Waals surface area contributed by atoms with Gasteiger partial charge in [0.2, 0.25) is 5.91 Å². The van der Waals surface area contributed by atoms with Gasteiger partial charge >= 0.3 is 0 Å². The summed E-state index contributed by atoms with van der Waals surface area (Å²) in [6, 6.07) is 2.44. The lowest BCUT2D eigenvalue weighted by atomic mass is 10.1. The zero-order valence-electron chi connectivity index (χ0n) is 9.16. The highest BCUT2D eigenvalue weighted by atomic mass is 32.1. The minimum Gasteiger partial charge on any atom is -0.335 e. The molecule has 1 aromatic heterocycles. The van der Waals surface area contributed by atoms with E-state index in [1.807, 2.05) is 11.0 Å². The Morgan fingerprint density at radius 2 is 2.25 bits per heavy atom. The zero-order chi connectivity index (χ0) is 11.3. The quantitative estimate of drug-likeness (QED) is 0.735. The van der Waals surface area contributed by atoms with Gasteiger partial charge in [0.25, 0.3) is 0 Å². The summed E-state index contributed by atoms with van der Waals surface area (Å²) >= 11 is 1.48. The lowest BCUT2D eigenvalue weighted by Crippen LogP contribution is -2.36. The molecule has 0 atom stereocenters. The number of thiophene rings is 1. The monoisotopic (exact) mass is 235 g/mol. The number of ketones is 1. The molecule has 3 rings (SSSR count). The van der Waals surface area contributed by atoms with Gasteiger partial charge in [0.15, 0.2) is 5.78 Å². The van der Waals surface area contributed by atoms with Gasteiger partial charge in [-0.15, -0.1) is 11.3 Å². The van der Waals surface area contributed by atoms with Crippen molar-refractivity contribution >= 4 is 23.0 Å². The molecule has 84 valence electrons. The Hall–Kier alpha value is -1.16. The summed E-state index contributed by atoms with van der Waals surface area (Å²) in [7, 11) is 0. The van der Waals surface area contributed by atoms with Gasteiger partial charge in [-0.25, -0.2) is 0 Å². The van der Waals surface area contributed by atoms with Crippen LogP contribution in [0.4, 0.5) is 0 Å². The van der Waals surface area contributed by atoms with E-state index in [1.54, 1.807) is 6.92 Å². The van der Waals surface area contributed by atoms with Crippen molar-refractivity contribution in [2.45, 2.75) is 38.8 Å². The third-order valence-corrected chi connectivity index (χ3v) is 4.48. The van der Waals surface area contributed by atoms with Gasteiger partial charge in [-0.1, -0.05) is 0 Å². The van der Waals surface area contributed by atoms with E-state index in [2.05, 4.69) is 0 Å². The van der Waals surface area contributed by atoms with Crippen molar-refractivity contribution in [3.05, 3.63) is 21.4 Å². The third-order valence-electron chi connectivity index (χ3n) is 3.20. The molecule has 0 unspecified atom stereocenters. The van der Waals surface area contributed by atoms with Crippen molar-refractivity contribution < 1.29 is 9.59 Å². The number of nitrogens with zero attached hydrogens (tertiary/aromatic N) is 1. The van der Waals surface area contributed by atoms with Crippen molar-refractivity contribution in [1.82, 2.24) is 4.90 Å². The normalized spacial score (nSPS) is 19.8. The Labute approximate surface area is 98.1 Å². The van der Waals surface area contributed by atoms with Gasteiger partial charge in [0.1, 0.15) is 0 Å². The number of carbonyl (C=O) groups is 2. The number of hydrogen-bond acceptors (Lipinski definition) is 3. The summed E-state index contributed by atoms with van der Waals surface area (Å²) in [5, 5.41) is 0. The number of carbonyl (C=O) groups excluding carboxylic acids is 2. The maximum absolute atomic E-state index is 11.9. The van der Waals surface area contributed by atoms with Crippen molar-refractivity contribution in [3.63, 3.8) is 0 Å². The largest absolute Gasteiger partial charge is 0.335 e. The number of amides is 1. The molecule has 1 aromatic rings. The molecule has 2 aliphatic rings. The Morgan fingerprint density at radius 1 is 1.50 bits per heavy atom. The van der Waals surface area contributed by atoms with Crippen LogP contribution in [0.25, 0.3) is 0 Å². The number of hydrogen-bond donors (Lipinski definition) is 0. The van der Waals surface area contributed by atoms with Crippen LogP contribution in [-0.2, 0) is 17.8 Å². The Balaban J connectivity index is 1.92. The van der Waals surface area contributed by atoms with Crippen LogP contribution in [-0.4, -0.2) is 22.6 Å². The molecule has 0 saturated heterocycles. The molecule has 0 N–H and O–H groups in total. The third kappa shape index (κ3) is 1.57. The van der Waals surface area contributed by atoms with Gasteiger partial charge in [0.05, 0.1) is 11.3 Å². The van der Waals surface area contributed by atoms with Crippen LogP contribution in [0.5, 0.6) is 0 Å². The molecule has 1 aliphatic carbocycles. The molecule has 2 heterocycles. The second kappa shape index (κ2) is 3.42.